The van der Waals surface area contributed by atoms with Gasteiger partial charge in [-0.2, -0.15) is 0 Å². The van der Waals surface area contributed by atoms with Crippen LogP contribution in [-0.2, 0) is 6.54 Å². The van der Waals surface area contributed by atoms with E-state index in [0.29, 0.717) is 6.54 Å². The Balaban J connectivity index is 2.17. The summed E-state index contributed by atoms with van der Waals surface area (Å²) in [5.41, 5.74) is 12.4. The number of rotatable bonds is 2. The molecule has 1 aromatic heterocycles. The molecule has 0 aliphatic rings. The van der Waals surface area contributed by atoms with Gasteiger partial charge in [-0.05, 0) is 43.2 Å². The van der Waals surface area contributed by atoms with Gasteiger partial charge in [0.05, 0.1) is 11.0 Å². The van der Waals surface area contributed by atoms with Gasteiger partial charge in [-0.15, -0.1) is 0 Å². The lowest BCUT2D eigenvalue weighted by molar-refractivity contribution is 1.07. The van der Waals surface area contributed by atoms with Crippen molar-refractivity contribution in [3.05, 3.63) is 53.1 Å². The zero-order chi connectivity index (χ0) is 13.4. The molecule has 3 aromatic rings. The summed E-state index contributed by atoms with van der Waals surface area (Å²) in [5.74, 6) is 0.922. The van der Waals surface area contributed by atoms with Gasteiger partial charge in [0.15, 0.2) is 0 Å². The Hall–Kier alpha value is -2.13. The summed E-state index contributed by atoms with van der Waals surface area (Å²) in [7, 11) is 0. The van der Waals surface area contributed by atoms with Crippen LogP contribution in [0.25, 0.3) is 22.4 Å². The Labute approximate surface area is 112 Å². The van der Waals surface area contributed by atoms with E-state index >= 15 is 0 Å². The summed E-state index contributed by atoms with van der Waals surface area (Å²) in [6.45, 7) is 4.75. The molecule has 0 aliphatic heterocycles. The average Bonchev–Trinajstić information content (AvgIpc) is 2.83. The van der Waals surface area contributed by atoms with E-state index in [1.807, 2.05) is 12.1 Å². The molecule has 0 atom stereocenters. The molecule has 1 heterocycles. The molecule has 0 fully saturated rings. The Morgan fingerprint density at radius 1 is 1.11 bits per heavy atom. The van der Waals surface area contributed by atoms with Crippen LogP contribution in [0.15, 0.2) is 36.4 Å². The average molecular weight is 251 g/mol. The predicted octanol–water partition coefficient (Wildman–Crippen LogP) is 3.31. The van der Waals surface area contributed by atoms with E-state index in [2.05, 4.69) is 48.1 Å². The van der Waals surface area contributed by atoms with Crippen molar-refractivity contribution >= 4 is 11.0 Å². The molecule has 19 heavy (non-hydrogen) atoms. The first-order chi connectivity index (χ1) is 9.17. The van der Waals surface area contributed by atoms with Gasteiger partial charge in [0.1, 0.15) is 5.82 Å². The number of nitrogens with two attached hydrogens (primary N) is 1. The molecule has 0 radical (unpaired) electrons. The third kappa shape index (κ3) is 2.13. The number of hydrogen-bond acceptors (Lipinski definition) is 2. The summed E-state index contributed by atoms with van der Waals surface area (Å²) in [4.78, 5) is 8.05. The number of hydrogen-bond donors (Lipinski definition) is 2. The summed E-state index contributed by atoms with van der Waals surface area (Å²) in [5, 5.41) is 0. The lowest BCUT2D eigenvalue weighted by Gasteiger charge is -2.03. The second kappa shape index (κ2) is 4.52. The first-order valence-corrected chi connectivity index (χ1v) is 6.44. The minimum absolute atomic E-state index is 0.549. The lowest BCUT2D eigenvalue weighted by atomic mass is 10.1. The first kappa shape index (κ1) is 11.9. The third-order valence-corrected chi connectivity index (χ3v) is 3.43. The second-order valence-corrected chi connectivity index (χ2v) is 4.96. The largest absolute Gasteiger partial charge is 0.338 e. The Kier molecular flexibility index (Phi) is 2.84. The highest BCUT2D eigenvalue weighted by molar-refractivity contribution is 5.80. The molecule has 0 bridgehead atoms. The molecule has 2 aromatic carbocycles. The van der Waals surface area contributed by atoms with Crippen molar-refractivity contribution in [3.63, 3.8) is 0 Å². The molecular formula is C16H17N3. The maximum absolute atomic E-state index is 5.67. The molecule has 0 saturated carbocycles. The van der Waals surface area contributed by atoms with Crippen molar-refractivity contribution in [2.24, 2.45) is 5.73 Å². The normalized spacial score (nSPS) is 11.1. The summed E-state index contributed by atoms with van der Waals surface area (Å²) in [6.07, 6.45) is 0. The fourth-order valence-corrected chi connectivity index (χ4v) is 2.30. The van der Waals surface area contributed by atoms with Crippen molar-refractivity contribution in [1.29, 1.82) is 0 Å². The van der Waals surface area contributed by atoms with Gasteiger partial charge >= 0.3 is 0 Å². The van der Waals surface area contributed by atoms with Crippen LogP contribution in [0, 0.1) is 13.8 Å². The van der Waals surface area contributed by atoms with E-state index in [9.17, 15) is 0 Å². The molecule has 0 saturated heterocycles. The van der Waals surface area contributed by atoms with Gasteiger partial charge in [0.2, 0.25) is 0 Å². The van der Waals surface area contributed by atoms with E-state index in [1.165, 1.54) is 11.1 Å². The Morgan fingerprint density at radius 2 is 1.95 bits per heavy atom. The predicted molar refractivity (Wildman–Crippen MR) is 78.9 cm³/mol. The summed E-state index contributed by atoms with van der Waals surface area (Å²) >= 11 is 0. The highest BCUT2D eigenvalue weighted by Crippen LogP contribution is 2.25. The quantitative estimate of drug-likeness (QED) is 0.734. The minimum Gasteiger partial charge on any atom is -0.338 e. The molecule has 0 aliphatic carbocycles. The van der Waals surface area contributed by atoms with Crippen molar-refractivity contribution in [1.82, 2.24) is 9.97 Å². The fraction of sp³-hybridized carbons (Fsp3) is 0.188. The number of nitrogens with one attached hydrogen (secondary N) is 1. The van der Waals surface area contributed by atoms with Gasteiger partial charge in [-0.1, -0.05) is 23.8 Å². The number of imidazole rings is 1. The smallest absolute Gasteiger partial charge is 0.138 e. The van der Waals surface area contributed by atoms with Crippen molar-refractivity contribution < 1.29 is 0 Å². The number of nitrogens with zero attached hydrogens (tertiary/aromatic N) is 1. The van der Waals surface area contributed by atoms with E-state index < -0.39 is 0 Å². The van der Waals surface area contributed by atoms with Gasteiger partial charge in [0, 0.05) is 12.1 Å². The highest BCUT2D eigenvalue weighted by atomic mass is 14.9. The number of aromatic nitrogens is 2. The molecule has 3 rings (SSSR count). The first-order valence-electron chi connectivity index (χ1n) is 6.44. The van der Waals surface area contributed by atoms with Gasteiger partial charge < -0.3 is 10.7 Å². The monoisotopic (exact) mass is 251 g/mol. The number of H-pyrrole nitrogens is 1. The van der Waals surface area contributed by atoms with Crippen LogP contribution in [-0.4, -0.2) is 9.97 Å². The van der Waals surface area contributed by atoms with Crippen LogP contribution in [0.2, 0.25) is 0 Å². The summed E-state index contributed by atoms with van der Waals surface area (Å²) < 4.78 is 0. The maximum Gasteiger partial charge on any atom is 0.138 e. The maximum atomic E-state index is 5.67. The van der Waals surface area contributed by atoms with Crippen molar-refractivity contribution in [3.8, 4) is 11.4 Å². The standard InChI is InChI=1S/C16H17N3/c1-10-3-4-11(2)13(7-10)16-18-14-6-5-12(9-17)8-15(14)19-16/h3-8H,9,17H2,1-2H3,(H,18,19). The van der Waals surface area contributed by atoms with Gasteiger partial charge in [-0.3, -0.25) is 0 Å². The number of benzene rings is 2. The molecule has 3 heteroatoms. The SMILES string of the molecule is Cc1ccc(C)c(-c2nc3ccc(CN)cc3[nH]2)c1. The lowest BCUT2D eigenvalue weighted by Crippen LogP contribution is -1.95. The van der Waals surface area contributed by atoms with Crippen LogP contribution in [0.1, 0.15) is 16.7 Å². The van der Waals surface area contributed by atoms with Crippen LogP contribution in [0.5, 0.6) is 0 Å². The zero-order valence-corrected chi connectivity index (χ0v) is 11.2. The molecule has 0 spiro atoms. The third-order valence-electron chi connectivity index (χ3n) is 3.43. The summed E-state index contributed by atoms with van der Waals surface area (Å²) in [6, 6.07) is 12.5. The van der Waals surface area contributed by atoms with E-state index in [0.717, 1.165) is 28.0 Å². The van der Waals surface area contributed by atoms with Crippen molar-refractivity contribution in [2.45, 2.75) is 20.4 Å². The molecule has 3 nitrogen and oxygen atoms in total. The number of aromatic amines is 1. The van der Waals surface area contributed by atoms with Crippen LogP contribution >= 0.6 is 0 Å². The molecule has 0 unspecified atom stereocenters. The van der Waals surface area contributed by atoms with E-state index in [1.54, 1.807) is 0 Å². The molecule has 3 N–H and O–H groups in total. The highest BCUT2D eigenvalue weighted by Gasteiger charge is 2.08. The Morgan fingerprint density at radius 3 is 2.74 bits per heavy atom. The minimum atomic E-state index is 0.549. The zero-order valence-electron chi connectivity index (χ0n) is 11.2. The van der Waals surface area contributed by atoms with Gasteiger partial charge in [-0.25, -0.2) is 4.98 Å². The molecule has 96 valence electrons. The molecular weight excluding hydrogens is 234 g/mol. The van der Waals surface area contributed by atoms with E-state index in [-0.39, 0.29) is 0 Å². The Bertz CT molecular complexity index is 741. The van der Waals surface area contributed by atoms with Gasteiger partial charge in [0.25, 0.3) is 0 Å². The van der Waals surface area contributed by atoms with Crippen molar-refractivity contribution in [2.75, 3.05) is 0 Å². The van der Waals surface area contributed by atoms with Crippen LogP contribution in [0.3, 0.4) is 0 Å². The van der Waals surface area contributed by atoms with Crippen LogP contribution < -0.4 is 5.73 Å². The van der Waals surface area contributed by atoms with Crippen LogP contribution in [0.4, 0.5) is 0 Å². The van der Waals surface area contributed by atoms with E-state index in [4.69, 9.17) is 5.73 Å². The molecule has 0 amide bonds. The fourth-order valence-electron chi connectivity index (χ4n) is 2.30. The number of fused-ring (bicyclic) bond motifs is 1. The second-order valence-electron chi connectivity index (χ2n) is 4.96. The number of aryl methyl sites for hydroxylation is 2. The topological polar surface area (TPSA) is 54.7 Å².